The highest BCUT2D eigenvalue weighted by Crippen LogP contribution is 2.12. The second kappa shape index (κ2) is 6.68. The van der Waals surface area contributed by atoms with Gasteiger partial charge in [-0.25, -0.2) is 0 Å². The minimum atomic E-state index is 0.841. The van der Waals surface area contributed by atoms with Gasteiger partial charge in [0.25, 0.3) is 0 Å². The molecule has 57 valence electrons. The van der Waals surface area contributed by atoms with Crippen LogP contribution < -0.4 is 0 Å². The Morgan fingerprint density at radius 2 is 2.10 bits per heavy atom. The summed E-state index contributed by atoms with van der Waals surface area (Å²) in [4.78, 5) is 0. The Hall–Kier alpha value is -0.440. The molecule has 1 unspecified atom stereocenters. The lowest BCUT2D eigenvalue weighted by Gasteiger charge is -2.06. The average molecular weight is 137 g/mol. The normalized spacial score (nSPS) is 12.5. The van der Waals surface area contributed by atoms with Crippen molar-refractivity contribution < 1.29 is 0 Å². The third kappa shape index (κ3) is 5.69. The molecule has 0 aromatic rings. The van der Waals surface area contributed by atoms with Gasteiger partial charge in [-0.2, -0.15) is 0 Å². The average Bonchev–Trinajstić information content (AvgIpc) is 1.89. The van der Waals surface area contributed by atoms with Crippen molar-refractivity contribution in [3.8, 4) is 5.92 Å². The Morgan fingerprint density at radius 3 is 2.60 bits per heavy atom. The third-order valence-electron chi connectivity index (χ3n) is 1.78. The van der Waals surface area contributed by atoms with Crippen LogP contribution in [0.1, 0.15) is 46.0 Å². The second-order valence-electron chi connectivity index (χ2n) is 2.96. The predicted octanol–water partition coefficient (Wildman–Crippen LogP) is 3.18. The van der Waals surface area contributed by atoms with Crippen molar-refractivity contribution in [2.45, 2.75) is 46.0 Å². The molecular weight excluding hydrogens is 120 g/mol. The highest BCUT2D eigenvalue weighted by Gasteiger charge is 1.98. The summed E-state index contributed by atoms with van der Waals surface area (Å²) in [6, 6.07) is 0. The molecule has 0 rings (SSSR count). The first-order valence-corrected chi connectivity index (χ1v) is 4.20. The third-order valence-corrected chi connectivity index (χ3v) is 1.78. The van der Waals surface area contributed by atoms with Crippen LogP contribution in [0.25, 0.3) is 0 Å². The van der Waals surface area contributed by atoms with E-state index in [1.54, 1.807) is 0 Å². The van der Waals surface area contributed by atoms with E-state index in [1.165, 1.54) is 19.3 Å². The fourth-order valence-corrected chi connectivity index (χ4v) is 1.18. The van der Waals surface area contributed by atoms with E-state index in [-0.39, 0.29) is 0 Å². The molecule has 0 aliphatic rings. The summed E-state index contributed by atoms with van der Waals surface area (Å²) >= 11 is 0. The largest absolute Gasteiger partial charge is 0.0891 e. The van der Waals surface area contributed by atoms with Gasteiger partial charge in [0.05, 0.1) is 0 Å². The van der Waals surface area contributed by atoms with Crippen molar-refractivity contribution in [1.82, 2.24) is 0 Å². The van der Waals surface area contributed by atoms with Gasteiger partial charge in [-0.05, 0) is 25.2 Å². The molecule has 0 aliphatic carbocycles. The quantitative estimate of drug-likeness (QED) is 0.403. The van der Waals surface area contributed by atoms with Crippen LogP contribution >= 0.6 is 0 Å². The summed E-state index contributed by atoms with van der Waals surface area (Å²) in [5, 5.41) is 0. The summed E-state index contributed by atoms with van der Waals surface area (Å²) in [5.41, 5.74) is 0. The smallest absolute Gasteiger partial charge is 0.00990 e. The zero-order valence-electron chi connectivity index (χ0n) is 7.11. The second-order valence-corrected chi connectivity index (χ2v) is 2.96. The van der Waals surface area contributed by atoms with Crippen LogP contribution in [-0.4, -0.2) is 0 Å². The van der Waals surface area contributed by atoms with Gasteiger partial charge in [0, 0.05) is 6.42 Å². The molecule has 0 N–H and O–H groups in total. The molecule has 0 aromatic heterocycles. The zero-order chi connectivity index (χ0) is 7.82. The molecule has 0 heteroatoms. The summed E-state index contributed by atoms with van der Waals surface area (Å²) in [6.45, 7) is 4.51. The van der Waals surface area contributed by atoms with Crippen molar-refractivity contribution in [2.75, 3.05) is 0 Å². The van der Waals surface area contributed by atoms with Gasteiger partial charge in [-0.15, -0.1) is 0 Å². The Morgan fingerprint density at radius 1 is 1.40 bits per heavy atom. The zero-order valence-corrected chi connectivity index (χ0v) is 7.11. The molecule has 0 aliphatic heterocycles. The van der Waals surface area contributed by atoms with Crippen LogP contribution in [0, 0.1) is 18.3 Å². The Labute approximate surface area is 65.0 Å². The van der Waals surface area contributed by atoms with Crippen molar-refractivity contribution >= 4 is 0 Å². The SMILES string of the molecule is [C]#CCCCC(C)CCC. The van der Waals surface area contributed by atoms with E-state index in [1.807, 2.05) is 0 Å². The van der Waals surface area contributed by atoms with Crippen LogP contribution in [0.5, 0.6) is 0 Å². The molecule has 0 aromatic carbocycles. The molecule has 0 amide bonds. The van der Waals surface area contributed by atoms with Crippen molar-refractivity contribution in [3.63, 3.8) is 0 Å². The topological polar surface area (TPSA) is 0 Å². The first-order chi connectivity index (χ1) is 4.81. The number of hydrogen-bond acceptors (Lipinski definition) is 0. The molecule has 0 heterocycles. The maximum atomic E-state index is 6.70. The molecule has 0 spiro atoms. The van der Waals surface area contributed by atoms with Gasteiger partial charge in [-0.1, -0.05) is 32.6 Å². The van der Waals surface area contributed by atoms with Crippen molar-refractivity contribution in [1.29, 1.82) is 0 Å². The van der Waals surface area contributed by atoms with Crippen molar-refractivity contribution in [2.24, 2.45) is 5.92 Å². The fraction of sp³-hybridized carbons (Fsp3) is 0.800. The first kappa shape index (κ1) is 9.56. The molecule has 0 fully saturated rings. The maximum absolute atomic E-state index is 6.70. The predicted molar refractivity (Wildman–Crippen MR) is 45.1 cm³/mol. The highest BCUT2D eigenvalue weighted by atomic mass is 14.0. The Balaban J connectivity index is 3.06. The monoisotopic (exact) mass is 137 g/mol. The lowest BCUT2D eigenvalue weighted by atomic mass is 9.99. The van der Waals surface area contributed by atoms with E-state index >= 15 is 0 Å². The van der Waals surface area contributed by atoms with E-state index in [9.17, 15) is 0 Å². The standard InChI is InChI=1S/C10H17/c1-4-6-7-9-10(3)8-5-2/h10H,5-9H2,2-3H3. The summed E-state index contributed by atoms with van der Waals surface area (Å²) in [7, 11) is 0. The minimum Gasteiger partial charge on any atom is -0.0891 e. The minimum absolute atomic E-state index is 0.841. The highest BCUT2D eigenvalue weighted by molar-refractivity contribution is 4.74. The molecule has 10 heavy (non-hydrogen) atoms. The Kier molecular flexibility index (Phi) is 6.38. The van der Waals surface area contributed by atoms with Crippen LogP contribution in [0.3, 0.4) is 0 Å². The van der Waals surface area contributed by atoms with E-state index in [0.717, 1.165) is 18.8 Å². The van der Waals surface area contributed by atoms with Gasteiger partial charge < -0.3 is 0 Å². The van der Waals surface area contributed by atoms with Gasteiger partial charge in [-0.3, -0.25) is 0 Å². The van der Waals surface area contributed by atoms with Gasteiger partial charge >= 0.3 is 0 Å². The van der Waals surface area contributed by atoms with Crippen LogP contribution in [-0.2, 0) is 0 Å². The fourth-order valence-electron chi connectivity index (χ4n) is 1.18. The van der Waals surface area contributed by atoms with Gasteiger partial charge in [0.15, 0.2) is 0 Å². The molecular formula is C10H17. The molecule has 0 nitrogen and oxygen atoms in total. The maximum Gasteiger partial charge on any atom is 0.00990 e. The first-order valence-electron chi connectivity index (χ1n) is 4.20. The molecule has 1 atom stereocenters. The van der Waals surface area contributed by atoms with Gasteiger partial charge in [0.1, 0.15) is 0 Å². The summed E-state index contributed by atoms with van der Waals surface area (Å²) < 4.78 is 0. The van der Waals surface area contributed by atoms with E-state index in [4.69, 9.17) is 6.42 Å². The van der Waals surface area contributed by atoms with E-state index in [2.05, 4.69) is 19.8 Å². The molecule has 0 saturated carbocycles. The lowest BCUT2D eigenvalue weighted by molar-refractivity contribution is 0.473. The number of hydrogen-bond donors (Lipinski definition) is 0. The Bertz CT molecular complexity index is 97.1. The molecule has 0 saturated heterocycles. The van der Waals surface area contributed by atoms with Crippen molar-refractivity contribution in [3.05, 3.63) is 6.42 Å². The van der Waals surface area contributed by atoms with Gasteiger partial charge in [0.2, 0.25) is 0 Å². The number of unbranched alkanes of at least 4 members (excludes halogenated alkanes) is 1. The van der Waals surface area contributed by atoms with Crippen LogP contribution in [0.2, 0.25) is 0 Å². The molecule has 1 radical (unpaired) electrons. The van der Waals surface area contributed by atoms with E-state index < -0.39 is 0 Å². The molecule has 0 bridgehead atoms. The van der Waals surface area contributed by atoms with E-state index in [0.29, 0.717) is 0 Å². The lowest BCUT2D eigenvalue weighted by Crippen LogP contribution is -1.92. The number of rotatable bonds is 5. The van der Waals surface area contributed by atoms with Crippen LogP contribution in [0.15, 0.2) is 0 Å². The summed E-state index contributed by atoms with van der Waals surface area (Å²) in [5.74, 6) is 3.26. The summed E-state index contributed by atoms with van der Waals surface area (Å²) in [6.07, 6.45) is 12.6. The van der Waals surface area contributed by atoms with Crippen LogP contribution in [0.4, 0.5) is 0 Å².